The maximum atomic E-state index is 13.6. The second kappa shape index (κ2) is 8.17. The molecule has 0 spiro atoms. The fraction of sp³-hybridized carbons (Fsp3) is 0.400. The number of carbonyl (C=O) groups is 1. The minimum absolute atomic E-state index is 0.00220. The number of amides is 1. The molecular weight excluding hydrogens is 390 g/mol. The van der Waals surface area contributed by atoms with E-state index in [9.17, 15) is 9.59 Å². The number of ether oxygens (including phenoxy) is 1. The molecule has 1 aromatic heterocycles. The number of aromatic nitrogens is 2. The molecule has 1 unspecified atom stereocenters. The van der Waals surface area contributed by atoms with E-state index in [0.29, 0.717) is 16.5 Å². The molecule has 1 fully saturated rings. The van der Waals surface area contributed by atoms with Gasteiger partial charge in [-0.25, -0.2) is 4.98 Å². The second-order valence-electron chi connectivity index (χ2n) is 8.46. The van der Waals surface area contributed by atoms with Crippen LogP contribution in [0.3, 0.4) is 0 Å². The first-order valence-corrected chi connectivity index (χ1v) is 11.1. The molecule has 2 aromatic carbocycles. The van der Waals surface area contributed by atoms with Crippen LogP contribution < -0.4 is 10.3 Å². The van der Waals surface area contributed by atoms with Crippen molar-refractivity contribution in [2.24, 2.45) is 0 Å². The minimum Gasteiger partial charge on any atom is -0.497 e. The average molecular weight is 418 g/mol. The summed E-state index contributed by atoms with van der Waals surface area (Å²) in [5.41, 5.74) is 2.36. The molecule has 2 aliphatic rings. The van der Waals surface area contributed by atoms with Crippen LogP contribution in [0.25, 0.3) is 10.9 Å². The summed E-state index contributed by atoms with van der Waals surface area (Å²) in [6, 6.07) is 13.4. The van der Waals surface area contributed by atoms with Crippen LogP contribution in [-0.2, 0) is 13.0 Å². The van der Waals surface area contributed by atoms with Crippen molar-refractivity contribution < 1.29 is 9.53 Å². The Labute approximate surface area is 181 Å². The van der Waals surface area contributed by atoms with Gasteiger partial charge in [0.15, 0.2) is 0 Å². The highest BCUT2D eigenvalue weighted by atomic mass is 16.5. The molecule has 6 nitrogen and oxygen atoms in total. The third-order valence-electron chi connectivity index (χ3n) is 6.58. The minimum atomic E-state index is 0.00220. The van der Waals surface area contributed by atoms with Crippen molar-refractivity contribution in [1.29, 1.82) is 0 Å². The second-order valence-corrected chi connectivity index (χ2v) is 8.46. The van der Waals surface area contributed by atoms with Gasteiger partial charge in [-0.1, -0.05) is 25.0 Å². The predicted octanol–water partition coefficient (Wildman–Crippen LogP) is 4.11. The first-order valence-electron chi connectivity index (χ1n) is 11.1. The number of likely N-dealkylation sites (tertiary alicyclic amines) is 1. The lowest BCUT2D eigenvalue weighted by Crippen LogP contribution is -2.35. The zero-order chi connectivity index (χ0) is 21.4. The molecule has 0 radical (unpaired) electrons. The van der Waals surface area contributed by atoms with Gasteiger partial charge < -0.3 is 9.64 Å². The highest BCUT2D eigenvalue weighted by molar-refractivity contribution is 5.98. The summed E-state index contributed by atoms with van der Waals surface area (Å²) in [5, 5.41) is 0.588. The lowest BCUT2D eigenvalue weighted by Gasteiger charge is -2.31. The van der Waals surface area contributed by atoms with Crippen LogP contribution in [-0.4, -0.2) is 34.0 Å². The van der Waals surface area contributed by atoms with Crippen LogP contribution in [0.1, 0.15) is 59.9 Å². The third-order valence-corrected chi connectivity index (χ3v) is 6.58. The standard InChI is InChI=1S/C25H27N3O3/c1-31-19-11-8-17(9-12-19)22-6-3-2-4-14-27(22)24(29)18-10-13-20-21(16-18)26-23-7-5-15-28(23)25(20)30/h8-13,16,22H,2-7,14-15H2,1H3. The number of hydrogen-bond donors (Lipinski definition) is 0. The van der Waals surface area contributed by atoms with Crippen LogP contribution in [0, 0.1) is 0 Å². The number of benzene rings is 2. The topological polar surface area (TPSA) is 64.4 Å². The van der Waals surface area contributed by atoms with Crippen LogP contribution in [0.4, 0.5) is 0 Å². The van der Waals surface area contributed by atoms with Crippen molar-refractivity contribution in [3.63, 3.8) is 0 Å². The third kappa shape index (κ3) is 3.60. The van der Waals surface area contributed by atoms with Gasteiger partial charge in [0.2, 0.25) is 0 Å². The Bertz CT molecular complexity index is 1180. The zero-order valence-electron chi connectivity index (χ0n) is 17.8. The molecule has 1 atom stereocenters. The van der Waals surface area contributed by atoms with Crippen LogP contribution >= 0.6 is 0 Å². The van der Waals surface area contributed by atoms with E-state index in [1.807, 2.05) is 17.0 Å². The average Bonchev–Trinajstić information content (AvgIpc) is 3.14. The Kier molecular flexibility index (Phi) is 5.22. The summed E-state index contributed by atoms with van der Waals surface area (Å²) in [7, 11) is 1.66. The van der Waals surface area contributed by atoms with Gasteiger partial charge in [-0.05, 0) is 55.2 Å². The molecule has 0 N–H and O–H groups in total. The SMILES string of the molecule is COc1ccc(C2CCCCCN2C(=O)c2ccc3c(=O)n4c(nc3c2)CCC4)cc1. The maximum Gasteiger partial charge on any atom is 0.261 e. The van der Waals surface area contributed by atoms with E-state index in [4.69, 9.17) is 9.72 Å². The number of nitrogens with zero attached hydrogens (tertiary/aromatic N) is 3. The number of aryl methyl sites for hydroxylation is 1. The Morgan fingerprint density at radius 3 is 2.68 bits per heavy atom. The van der Waals surface area contributed by atoms with E-state index < -0.39 is 0 Å². The largest absolute Gasteiger partial charge is 0.497 e. The number of fused-ring (bicyclic) bond motifs is 2. The summed E-state index contributed by atoms with van der Waals surface area (Å²) in [5.74, 6) is 1.65. The van der Waals surface area contributed by atoms with Crippen LogP contribution in [0.5, 0.6) is 5.75 Å². The van der Waals surface area contributed by atoms with E-state index in [0.717, 1.165) is 68.8 Å². The van der Waals surface area contributed by atoms with Crippen LogP contribution in [0.2, 0.25) is 0 Å². The number of methoxy groups -OCH3 is 1. The quantitative estimate of drug-likeness (QED) is 0.643. The van der Waals surface area contributed by atoms with Gasteiger partial charge in [-0.2, -0.15) is 0 Å². The van der Waals surface area contributed by atoms with Gasteiger partial charge in [0.1, 0.15) is 11.6 Å². The van der Waals surface area contributed by atoms with E-state index in [1.165, 1.54) is 0 Å². The van der Waals surface area contributed by atoms with E-state index in [-0.39, 0.29) is 17.5 Å². The normalized spacial score (nSPS) is 18.6. The summed E-state index contributed by atoms with van der Waals surface area (Å²) in [6.45, 7) is 1.46. The molecule has 31 heavy (non-hydrogen) atoms. The molecule has 160 valence electrons. The van der Waals surface area contributed by atoms with Crippen molar-refractivity contribution in [2.75, 3.05) is 13.7 Å². The molecule has 3 heterocycles. The Hall–Kier alpha value is -3.15. The first kappa shape index (κ1) is 19.8. The summed E-state index contributed by atoms with van der Waals surface area (Å²) >= 11 is 0. The smallest absolute Gasteiger partial charge is 0.261 e. The summed E-state index contributed by atoms with van der Waals surface area (Å²) in [4.78, 5) is 33.1. The van der Waals surface area contributed by atoms with E-state index >= 15 is 0 Å². The fourth-order valence-electron chi connectivity index (χ4n) is 4.91. The van der Waals surface area contributed by atoms with Crippen molar-refractivity contribution >= 4 is 16.8 Å². The van der Waals surface area contributed by atoms with Crippen LogP contribution in [0.15, 0.2) is 47.3 Å². The highest BCUT2D eigenvalue weighted by Gasteiger charge is 2.28. The number of carbonyl (C=O) groups excluding carboxylic acids is 1. The molecule has 3 aromatic rings. The molecule has 5 rings (SSSR count). The van der Waals surface area contributed by atoms with Crippen molar-refractivity contribution in [2.45, 2.75) is 51.1 Å². The molecule has 0 aliphatic carbocycles. The molecule has 2 aliphatic heterocycles. The Morgan fingerprint density at radius 2 is 1.87 bits per heavy atom. The molecule has 1 saturated heterocycles. The molecular formula is C25H27N3O3. The van der Waals surface area contributed by atoms with Crippen molar-refractivity contribution in [3.05, 3.63) is 69.8 Å². The van der Waals surface area contributed by atoms with Crippen molar-refractivity contribution in [1.82, 2.24) is 14.5 Å². The van der Waals surface area contributed by atoms with Gasteiger partial charge in [-0.15, -0.1) is 0 Å². The predicted molar refractivity (Wildman–Crippen MR) is 120 cm³/mol. The lowest BCUT2D eigenvalue weighted by atomic mass is 9.99. The van der Waals surface area contributed by atoms with Gasteiger partial charge >= 0.3 is 0 Å². The van der Waals surface area contributed by atoms with Gasteiger partial charge in [0.25, 0.3) is 11.5 Å². The monoisotopic (exact) mass is 417 g/mol. The molecule has 0 bridgehead atoms. The molecule has 1 amide bonds. The Morgan fingerprint density at radius 1 is 1.03 bits per heavy atom. The zero-order valence-corrected chi connectivity index (χ0v) is 17.8. The summed E-state index contributed by atoms with van der Waals surface area (Å²) < 4.78 is 7.05. The Balaban J connectivity index is 1.51. The molecule has 0 saturated carbocycles. The van der Waals surface area contributed by atoms with Gasteiger partial charge in [0, 0.05) is 25.1 Å². The molecule has 6 heteroatoms. The van der Waals surface area contributed by atoms with E-state index in [2.05, 4.69) is 12.1 Å². The number of rotatable bonds is 3. The maximum absolute atomic E-state index is 13.6. The van der Waals surface area contributed by atoms with Crippen molar-refractivity contribution in [3.8, 4) is 5.75 Å². The van der Waals surface area contributed by atoms with E-state index in [1.54, 1.807) is 29.9 Å². The number of hydrogen-bond acceptors (Lipinski definition) is 4. The van der Waals surface area contributed by atoms with Gasteiger partial charge in [-0.3, -0.25) is 14.2 Å². The lowest BCUT2D eigenvalue weighted by molar-refractivity contribution is 0.0681. The highest BCUT2D eigenvalue weighted by Crippen LogP contribution is 2.32. The fourth-order valence-corrected chi connectivity index (χ4v) is 4.91. The summed E-state index contributed by atoms with van der Waals surface area (Å²) in [6.07, 6.45) is 5.93. The van der Waals surface area contributed by atoms with Gasteiger partial charge in [0.05, 0.1) is 24.1 Å². The first-order chi connectivity index (χ1) is 15.2.